The van der Waals surface area contributed by atoms with E-state index in [-0.39, 0.29) is 17.7 Å². The largest absolute Gasteiger partial charge is 0.544 e. The van der Waals surface area contributed by atoms with Gasteiger partial charge in [-0.2, -0.15) is 0 Å². The van der Waals surface area contributed by atoms with Crippen molar-refractivity contribution >= 4 is 23.4 Å². The normalized spacial score (nSPS) is 21.2. The zero-order valence-corrected chi connectivity index (χ0v) is 12.0. The smallest absolute Gasteiger partial charge is 0.315 e. The van der Waals surface area contributed by atoms with Crippen molar-refractivity contribution in [2.45, 2.75) is 18.3 Å². The van der Waals surface area contributed by atoms with E-state index in [1.54, 1.807) is 12.2 Å². The van der Waals surface area contributed by atoms with Crippen LogP contribution in [0.25, 0.3) is 0 Å². The molecule has 1 heterocycles. The number of hydrogen-bond acceptors (Lipinski definition) is 7. The SMILES string of the molecule is CCOc1cc(C2[NH2+]C(C(=O)[O-])CS2)cc([N+](=O)[O-])c1O. The summed E-state index contributed by atoms with van der Waals surface area (Å²) in [6, 6.07) is 2.05. The first kappa shape index (κ1) is 15.4. The molecule has 1 saturated heterocycles. The van der Waals surface area contributed by atoms with E-state index in [0.717, 1.165) is 0 Å². The van der Waals surface area contributed by atoms with Gasteiger partial charge in [-0.15, -0.1) is 0 Å². The van der Waals surface area contributed by atoms with Gasteiger partial charge >= 0.3 is 5.69 Å². The quantitative estimate of drug-likeness (QED) is 0.533. The van der Waals surface area contributed by atoms with Crippen molar-refractivity contribution in [1.82, 2.24) is 0 Å². The zero-order valence-electron chi connectivity index (χ0n) is 11.1. The van der Waals surface area contributed by atoms with E-state index in [9.17, 15) is 25.1 Å². The van der Waals surface area contributed by atoms with Crippen LogP contribution < -0.4 is 15.2 Å². The van der Waals surface area contributed by atoms with Crippen molar-refractivity contribution in [2.24, 2.45) is 0 Å². The van der Waals surface area contributed by atoms with Crippen molar-refractivity contribution < 1.29 is 30.0 Å². The van der Waals surface area contributed by atoms with Gasteiger partial charge in [0.2, 0.25) is 5.75 Å². The first-order valence-corrected chi connectivity index (χ1v) is 7.30. The number of ether oxygens (including phenoxy) is 1. The summed E-state index contributed by atoms with van der Waals surface area (Å²) in [6.07, 6.45) is 0. The third-order valence-electron chi connectivity index (χ3n) is 3.07. The number of carbonyl (C=O) groups excluding carboxylic acids is 1. The zero-order chi connectivity index (χ0) is 15.6. The number of carboxylic acid groups (broad SMARTS) is 1. The number of nitro benzene ring substituents is 1. The lowest BCUT2D eigenvalue weighted by Crippen LogP contribution is -2.90. The maximum Gasteiger partial charge on any atom is 0.315 e. The minimum atomic E-state index is -1.16. The average Bonchev–Trinajstić information content (AvgIpc) is 2.90. The number of aromatic hydroxyl groups is 1. The van der Waals surface area contributed by atoms with Crippen LogP contribution in [-0.2, 0) is 4.79 Å². The summed E-state index contributed by atoms with van der Waals surface area (Å²) >= 11 is 1.35. The number of phenols is 1. The van der Waals surface area contributed by atoms with E-state index >= 15 is 0 Å². The van der Waals surface area contributed by atoms with Gasteiger partial charge in [-0.3, -0.25) is 10.1 Å². The maximum atomic E-state index is 11.0. The molecule has 1 fully saturated rings. The number of carboxylic acids is 1. The van der Waals surface area contributed by atoms with Crippen molar-refractivity contribution in [3.8, 4) is 11.5 Å². The van der Waals surface area contributed by atoms with Crippen LogP contribution in [0.15, 0.2) is 12.1 Å². The van der Waals surface area contributed by atoms with Gasteiger partial charge in [0.15, 0.2) is 11.1 Å². The Labute approximate surface area is 124 Å². The highest BCUT2D eigenvalue weighted by atomic mass is 32.2. The highest BCUT2D eigenvalue weighted by Gasteiger charge is 2.33. The van der Waals surface area contributed by atoms with E-state index in [1.165, 1.54) is 23.9 Å². The van der Waals surface area contributed by atoms with Crippen LogP contribution in [0.5, 0.6) is 11.5 Å². The molecule has 0 radical (unpaired) electrons. The highest BCUT2D eigenvalue weighted by molar-refractivity contribution is 7.99. The molecular formula is C12H14N2O6S. The van der Waals surface area contributed by atoms with Crippen LogP contribution in [0.1, 0.15) is 17.9 Å². The molecule has 2 rings (SSSR count). The van der Waals surface area contributed by atoms with Crippen LogP contribution in [0, 0.1) is 10.1 Å². The van der Waals surface area contributed by atoms with Gasteiger partial charge in [0, 0.05) is 11.6 Å². The molecule has 9 heteroatoms. The van der Waals surface area contributed by atoms with Crippen molar-refractivity contribution in [3.63, 3.8) is 0 Å². The van der Waals surface area contributed by atoms with E-state index < -0.39 is 28.4 Å². The number of aliphatic carboxylic acids is 1. The Morgan fingerprint density at radius 2 is 2.33 bits per heavy atom. The molecule has 0 amide bonds. The Morgan fingerprint density at radius 3 is 2.86 bits per heavy atom. The molecular weight excluding hydrogens is 300 g/mol. The Kier molecular flexibility index (Phi) is 4.53. The average molecular weight is 314 g/mol. The lowest BCUT2D eigenvalue weighted by Gasteiger charge is -2.13. The monoisotopic (exact) mass is 314 g/mol. The van der Waals surface area contributed by atoms with E-state index in [2.05, 4.69) is 0 Å². The number of quaternary nitrogens is 1. The molecule has 1 aliphatic heterocycles. The Morgan fingerprint density at radius 1 is 1.62 bits per heavy atom. The van der Waals surface area contributed by atoms with Crippen molar-refractivity contribution in [2.75, 3.05) is 12.4 Å². The van der Waals surface area contributed by atoms with Gasteiger partial charge < -0.3 is 25.1 Å². The summed E-state index contributed by atoms with van der Waals surface area (Å²) in [5.74, 6) is -1.31. The number of hydrogen-bond donors (Lipinski definition) is 2. The first-order valence-electron chi connectivity index (χ1n) is 6.25. The van der Waals surface area contributed by atoms with Crippen molar-refractivity contribution in [1.29, 1.82) is 0 Å². The molecule has 0 aromatic heterocycles. The summed E-state index contributed by atoms with van der Waals surface area (Å²) in [6.45, 7) is 1.94. The summed E-state index contributed by atoms with van der Waals surface area (Å²) in [5, 5.41) is 32.9. The number of carbonyl (C=O) groups is 1. The highest BCUT2D eigenvalue weighted by Crippen LogP contribution is 2.40. The van der Waals surface area contributed by atoms with Crippen LogP contribution in [0.2, 0.25) is 0 Å². The Balaban J connectivity index is 2.35. The van der Waals surface area contributed by atoms with E-state index in [4.69, 9.17) is 4.74 Å². The number of nitrogens with two attached hydrogens (primary N) is 1. The molecule has 21 heavy (non-hydrogen) atoms. The second-order valence-corrected chi connectivity index (χ2v) is 5.62. The molecule has 0 aliphatic carbocycles. The number of nitrogens with zero attached hydrogens (tertiary/aromatic N) is 1. The van der Waals surface area contributed by atoms with Gasteiger partial charge in [0.25, 0.3) is 0 Å². The van der Waals surface area contributed by atoms with E-state index in [1.807, 2.05) is 0 Å². The molecule has 1 aliphatic rings. The molecule has 3 N–H and O–H groups in total. The van der Waals surface area contributed by atoms with Gasteiger partial charge in [-0.25, -0.2) is 0 Å². The first-order chi connectivity index (χ1) is 9.93. The fraction of sp³-hybridized carbons (Fsp3) is 0.417. The predicted octanol–water partition coefficient (Wildman–Crippen LogP) is -0.874. The summed E-state index contributed by atoms with van der Waals surface area (Å²) in [5.41, 5.74) is 0.0681. The number of rotatable bonds is 5. The number of phenolic OH excluding ortho intramolecular Hbond substituents is 1. The molecule has 114 valence electrons. The molecule has 1 aromatic carbocycles. The van der Waals surface area contributed by atoms with Crippen LogP contribution in [0.3, 0.4) is 0 Å². The van der Waals surface area contributed by atoms with Gasteiger partial charge in [-0.1, -0.05) is 11.8 Å². The molecule has 2 atom stereocenters. The molecule has 0 bridgehead atoms. The van der Waals surface area contributed by atoms with E-state index in [0.29, 0.717) is 11.3 Å². The second kappa shape index (κ2) is 6.19. The fourth-order valence-corrected chi connectivity index (χ4v) is 3.36. The molecule has 2 unspecified atom stereocenters. The topological polar surface area (TPSA) is 129 Å². The van der Waals surface area contributed by atoms with Crippen molar-refractivity contribution in [3.05, 3.63) is 27.8 Å². The Hall–Kier alpha value is -2.00. The van der Waals surface area contributed by atoms with Crippen LogP contribution in [0.4, 0.5) is 5.69 Å². The maximum absolute atomic E-state index is 11.0. The number of nitro groups is 1. The fourth-order valence-electron chi connectivity index (χ4n) is 2.07. The second-order valence-electron chi connectivity index (χ2n) is 4.45. The molecule has 8 nitrogen and oxygen atoms in total. The van der Waals surface area contributed by atoms with Gasteiger partial charge in [0.05, 0.1) is 17.3 Å². The Bertz CT molecular complexity index is 579. The van der Waals surface area contributed by atoms with Gasteiger partial charge in [0.1, 0.15) is 12.0 Å². The summed E-state index contributed by atoms with van der Waals surface area (Å²) < 4.78 is 5.20. The predicted molar refractivity (Wildman–Crippen MR) is 71.8 cm³/mol. The molecule has 1 aromatic rings. The third kappa shape index (κ3) is 3.19. The van der Waals surface area contributed by atoms with Gasteiger partial charge in [-0.05, 0) is 13.0 Å². The number of benzene rings is 1. The summed E-state index contributed by atoms with van der Waals surface area (Å²) in [7, 11) is 0. The minimum absolute atomic E-state index is 0.0209. The standard InChI is InChI=1S/C12H14N2O6S/c1-2-20-9-4-6(3-8(10(9)15)14(18)19)11-13-7(5-21-11)12(16)17/h3-4,7,11,13,15H,2,5H2,1H3,(H,16,17). The molecule has 0 spiro atoms. The minimum Gasteiger partial charge on any atom is -0.544 e. The lowest BCUT2D eigenvalue weighted by molar-refractivity contribution is -0.690. The van der Waals surface area contributed by atoms with Crippen LogP contribution in [-0.4, -0.2) is 34.4 Å². The third-order valence-corrected chi connectivity index (χ3v) is 4.41. The lowest BCUT2D eigenvalue weighted by atomic mass is 10.1. The summed E-state index contributed by atoms with van der Waals surface area (Å²) in [4.78, 5) is 21.1. The number of thioether (sulfide) groups is 1. The van der Waals surface area contributed by atoms with Crippen LogP contribution >= 0.6 is 11.8 Å². The molecule has 0 saturated carbocycles.